The first-order valence-electron chi connectivity index (χ1n) is 6.49. The van der Waals surface area contributed by atoms with Crippen molar-refractivity contribution in [1.82, 2.24) is 9.55 Å². The summed E-state index contributed by atoms with van der Waals surface area (Å²) >= 11 is 0. The van der Waals surface area contributed by atoms with Crippen LogP contribution in [-0.2, 0) is 6.67 Å². The molecule has 0 saturated carbocycles. The lowest BCUT2D eigenvalue weighted by Gasteiger charge is -2.09. The Balaban J connectivity index is 1.79. The number of ketones is 1. The van der Waals surface area contributed by atoms with E-state index >= 15 is 0 Å². The molecule has 0 spiro atoms. The minimum atomic E-state index is 0.0710. The number of aromatic nitrogens is 2. The van der Waals surface area contributed by atoms with Gasteiger partial charge in [0.1, 0.15) is 0 Å². The summed E-state index contributed by atoms with van der Waals surface area (Å²) in [7, 11) is 0. The zero-order valence-electron chi connectivity index (χ0n) is 11.2. The highest BCUT2D eigenvalue weighted by Crippen LogP contribution is 2.14. The zero-order chi connectivity index (χ0) is 13.9. The largest absolute Gasteiger partial charge is 0.367 e. The van der Waals surface area contributed by atoms with E-state index in [2.05, 4.69) is 10.3 Å². The minimum Gasteiger partial charge on any atom is -0.367 e. The van der Waals surface area contributed by atoms with Gasteiger partial charge in [-0.25, -0.2) is 4.98 Å². The fourth-order valence-electron chi connectivity index (χ4n) is 2.16. The predicted octanol–water partition coefficient (Wildman–Crippen LogP) is 3.31. The average molecular weight is 265 g/mol. The molecule has 0 fully saturated rings. The van der Waals surface area contributed by atoms with Crippen molar-refractivity contribution >= 4 is 22.5 Å². The number of rotatable bonds is 4. The molecule has 4 nitrogen and oxygen atoms in total. The number of hydrogen-bond donors (Lipinski definition) is 1. The molecule has 3 aromatic rings. The van der Waals surface area contributed by atoms with Gasteiger partial charge in [-0.3, -0.25) is 4.79 Å². The second-order valence-electron chi connectivity index (χ2n) is 4.67. The van der Waals surface area contributed by atoms with Crippen LogP contribution in [0.1, 0.15) is 17.3 Å². The molecule has 4 heteroatoms. The van der Waals surface area contributed by atoms with Crippen LogP contribution in [0, 0.1) is 0 Å². The third-order valence-electron chi connectivity index (χ3n) is 3.25. The summed E-state index contributed by atoms with van der Waals surface area (Å²) in [6.07, 6.45) is 1.81. The third-order valence-corrected chi connectivity index (χ3v) is 3.25. The number of benzene rings is 2. The van der Waals surface area contributed by atoms with Gasteiger partial charge in [0.2, 0.25) is 0 Å². The van der Waals surface area contributed by atoms with E-state index in [9.17, 15) is 4.79 Å². The Hall–Kier alpha value is -2.62. The molecule has 0 radical (unpaired) electrons. The second-order valence-corrected chi connectivity index (χ2v) is 4.67. The van der Waals surface area contributed by atoms with Crippen LogP contribution < -0.4 is 5.32 Å². The highest BCUT2D eigenvalue weighted by molar-refractivity contribution is 5.94. The first-order chi connectivity index (χ1) is 9.74. The van der Waals surface area contributed by atoms with E-state index in [4.69, 9.17) is 0 Å². The van der Waals surface area contributed by atoms with Crippen LogP contribution in [0.3, 0.4) is 0 Å². The third kappa shape index (κ3) is 2.40. The Morgan fingerprint density at radius 1 is 1.20 bits per heavy atom. The number of fused-ring (bicyclic) bond motifs is 1. The van der Waals surface area contributed by atoms with Gasteiger partial charge in [0, 0.05) is 11.3 Å². The number of imidazole rings is 1. The Kier molecular flexibility index (Phi) is 3.21. The molecule has 1 heterocycles. The van der Waals surface area contributed by atoms with Crippen molar-refractivity contribution in [3.63, 3.8) is 0 Å². The van der Waals surface area contributed by atoms with Crippen molar-refractivity contribution in [3.8, 4) is 0 Å². The maximum Gasteiger partial charge on any atom is 0.159 e. The van der Waals surface area contributed by atoms with E-state index in [1.54, 1.807) is 6.92 Å². The number of anilines is 1. The topological polar surface area (TPSA) is 46.9 Å². The van der Waals surface area contributed by atoms with Crippen LogP contribution in [-0.4, -0.2) is 15.3 Å². The van der Waals surface area contributed by atoms with E-state index < -0.39 is 0 Å². The van der Waals surface area contributed by atoms with Gasteiger partial charge < -0.3 is 9.88 Å². The highest BCUT2D eigenvalue weighted by Gasteiger charge is 2.02. The molecule has 20 heavy (non-hydrogen) atoms. The van der Waals surface area contributed by atoms with E-state index in [0.717, 1.165) is 16.7 Å². The first-order valence-corrected chi connectivity index (χ1v) is 6.49. The molecular weight excluding hydrogens is 250 g/mol. The quantitative estimate of drug-likeness (QED) is 0.736. The number of para-hydroxylation sites is 2. The van der Waals surface area contributed by atoms with Crippen molar-refractivity contribution in [2.75, 3.05) is 5.32 Å². The summed E-state index contributed by atoms with van der Waals surface area (Å²) in [4.78, 5) is 15.7. The smallest absolute Gasteiger partial charge is 0.159 e. The lowest BCUT2D eigenvalue weighted by Crippen LogP contribution is -2.07. The van der Waals surface area contributed by atoms with E-state index in [1.807, 2.05) is 59.4 Å². The summed E-state index contributed by atoms with van der Waals surface area (Å²) in [5.74, 6) is 0.0710. The Morgan fingerprint density at radius 2 is 2.05 bits per heavy atom. The molecular formula is C16H15N3O. The van der Waals surface area contributed by atoms with E-state index in [-0.39, 0.29) is 5.78 Å². The van der Waals surface area contributed by atoms with Gasteiger partial charge in [0.15, 0.2) is 5.78 Å². The Labute approximate surface area is 117 Å². The SMILES string of the molecule is CC(=O)c1cccc(NCn2cnc3ccccc32)c1. The average Bonchev–Trinajstić information content (AvgIpc) is 2.89. The number of nitrogens with one attached hydrogen (secondary N) is 1. The molecule has 0 saturated heterocycles. The lowest BCUT2D eigenvalue weighted by atomic mass is 10.1. The summed E-state index contributed by atoms with van der Waals surface area (Å²) in [6, 6.07) is 15.5. The predicted molar refractivity (Wildman–Crippen MR) is 79.8 cm³/mol. The monoisotopic (exact) mass is 265 g/mol. The van der Waals surface area contributed by atoms with Crippen LogP contribution in [0.15, 0.2) is 54.9 Å². The summed E-state index contributed by atoms with van der Waals surface area (Å²) in [5, 5.41) is 3.31. The number of Topliss-reactive ketones (excluding diaryl/α,β-unsaturated/α-hetero) is 1. The van der Waals surface area contributed by atoms with Crippen LogP contribution in [0.4, 0.5) is 5.69 Å². The summed E-state index contributed by atoms with van der Waals surface area (Å²) in [6.45, 7) is 2.18. The lowest BCUT2D eigenvalue weighted by molar-refractivity contribution is 0.101. The fraction of sp³-hybridized carbons (Fsp3) is 0.125. The maximum absolute atomic E-state index is 11.4. The minimum absolute atomic E-state index is 0.0710. The Bertz CT molecular complexity index is 761. The molecule has 0 aliphatic heterocycles. The van der Waals surface area contributed by atoms with Crippen LogP contribution in [0.5, 0.6) is 0 Å². The van der Waals surface area contributed by atoms with Gasteiger partial charge in [0.25, 0.3) is 0 Å². The fourth-order valence-corrected chi connectivity index (χ4v) is 2.16. The number of hydrogen-bond acceptors (Lipinski definition) is 3. The molecule has 0 unspecified atom stereocenters. The van der Waals surface area contributed by atoms with E-state index in [0.29, 0.717) is 12.2 Å². The molecule has 3 rings (SSSR count). The second kappa shape index (κ2) is 5.17. The zero-order valence-corrected chi connectivity index (χ0v) is 11.2. The van der Waals surface area contributed by atoms with Gasteiger partial charge in [-0.05, 0) is 31.2 Å². The van der Waals surface area contributed by atoms with Gasteiger partial charge in [0.05, 0.1) is 24.0 Å². The molecule has 0 amide bonds. The van der Waals surface area contributed by atoms with Crippen molar-refractivity contribution in [2.45, 2.75) is 13.6 Å². The molecule has 0 bridgehead atoms. The van der Waals surface area contributed by atoms with Gasteiger partial charge >= 0.3 is 0 Å². The first kappa shape index (κ1) is 12.4. The van der Waals surface area contributed by atoms with Gasteiger partial charge in [-0.15, -0.1) is 0 Å². The van der Waals surface area contributed by atoms with Gasteiger partial charge in [-0.1, -0.05) is 24.3 Å². The van der Waals surface area contributed by atoms with Crippen molar-refractivity contribution in [1.29, 1.82) is 0 Å². The maximum atomic E-state index is 11.4. The van der Waals surface area contributed by atoms with Crippen LogP contribution >= 0.6 is 0 Å². The molecule has 0 atom stereocenters. The summed E-state index contributed by atoms with van der Waals surface area (Å²) in [5.41, 5.74) is 3.70. The van der Waals surface area contributed by atoms with Crippen molar-refractivity contribution in [2.24, 2.45) is 0 Å². The van der Waals surface area contributed by atoms with E-state index in [1.165, 1.54) is 0 Å². The molecule has 1 aromatic heterocycles. The van der Waals surface area contributed by atoms with Crippen molar-refractivity contribution in [3.05, 3.63) is 60.4 Å². The molecule has 0 aliphatic rings. The molecule has 100 valence electrons. The summed E-state index contributed by atoms with van der Waals surface area (Å²) < 4.78 is 2.04. The number of carbonyl (C=O) groups is 1. The normalized spacial score (nSPS) is 10.7. The van der Waals surface area contributed by atoms with Crippen LogP contribution in [0.2, 0.25) is 0 Å². The molecule has 1 N–H and O–H groups in total. The standard InChI is InChI=1S/C16H15N3O/c1-12(20)13-5-4-6-14(9-13)17-10-19-11-18-15-7-2-3-8-16(15)19/h2-9,11,17H,10H2,1H3. The van der Waals surface area contributed by atoms with Crippen LogP contribution in [0.25, 0.3) is 11.0 Å². The highest BCUT2D eigenvalue weighted by atomic mass is 16.1. The Morgan fingerprint density at radius 3 is 2.90 bits per heavy atom. The molecule has 0 aliphatic carbocycles. The van der Waals surface area contributed by atoms with Gasteiger partial charge in [-0.2, -0.15) is 0 Å². The molecule has 2 aromatic carbocycles. The number of carbonyl (C=O) groups excluding carboxylic acids is 1. The number of nitrogens with zero attached hydrogens (tertiary/aromatic N) is 2. The van der Waals surface area contributed by atoms with Crippen molar-refractivity contribution < 1.29 is 4.79 Å².